The zero-order valence-electron chi connectivity index (χ0n) is 15.8. The molecule has 0 rings (SSSR count). The van der Waals surface area contributed by atoms with Gasteiger partial charge in [0.25, 0.3) is 0 Å². The molecule has 0 aromatic rings. The van der Waals surface area contributed by atoms with Crippen LogP contribution in [0.5, 0.6) is 0 Å². The van der Waals surface area contributed by atoms with Crippen LogP contribution in [-0.4, -0.2) is 23.4 Å². The van der Waals surface area contributed by atoms with Crippen molar-refractivity contribution >= 4 is 0 Å². The molecule has 0 amide bonds. The first-order valence-electron chi connectivity index (χ1n) is 9.55. The molecule has 2 heteroatoms. The Labute approximate surface area is 139 Å². The molecule has 0 atom stereocenters. The summed E-state index contributed by atoms with van der Waals surface area (Å²) < 4.78 is 0. The Morgan fingerprint density at radius 1 is 0.455 bits per heavy atom. The van der Waals surface area contributed by atoms with Crippen molar-refractivity contribution < 1.29 is 10.2 Å². The fourth-order valence-corrected chi connectivity index (χ4v) is 3.12. The van der Waals surface area contributed by atoms with Crippen LogP contribution in [-0.2, 0) is 0 Å². The number of aliphatic hydroxyl groups excluding tert-OH is 2. The predicted molar refractivity (Wildman–Crippen MR) is 97.1 cm³/mol. The molecular weight excluding hydrogens is 272 g/mol. The van der Waals surface area contributed by atoms with Crippen LogP contribution in [0.1, 0.15) is 105 Å². The molecule has 0 aliphatic heterocycles. The smallest absolute Gasteiger partial charge is 0.0436 e. The van der Waals surface area contributed by atoms with Crippen molar-refractivity contribution in [3.8, 4) is 0 Å². The minimum absolute atomic E-state index is 0.316. The van der Waals surface area contributed by atoms with Crippen LogP contribution in [0.3, 0.4) is 0 Å². The summed E-state index contributed by atoms with van der Waals surface area (Å²) >= 11 is 0. The van der Waals surface area contributed by atoms with Crippen molar-refractivity contribution in [3.05, 3.63) is 0 Å². The summed E-state index contributed by atoms with van der Waals surface area (Å²) in [6.07, 6.45) is 15.1. The lowest BCUT2D eigenvalue weighted by Crippen LogP contribution is -2.13. The third-order valence-corrected chi connectivity index (χ3v) is 5.03. The first-order chi connectivity index (χ1) is 10.3. The summed E-state index contributed by atoms with van der Waals surface area (Å²) in [7, 11) is 0. The molecule has 134 valence electrons. The van der Waals surface area contributed by atoms with Gasteiger partial charge < -0.3 is 10.2 Å². The minimum Gasteiger partial charge on any atom is -0.396 e. The van der Waals surface area contributed by atoms with Gasteiger partial charge in [-0.05, 0) is 36.5 Å². The monoisotopic (exact) mass is 314 g/mol. The molecule has 0 saturated carbocycles. The van der Waals surface area contributed by atoms with Crippen LogP contribution < -0.4 is 0 Å². The van der Waals surface area contributed by atoms with Crippen molar-refractivity contribution in [1.82, 2.24) is 0 Å². The Balaban J connectivity index is 3.34. The van der Waals surface area contributed by atoms with Gasteiger partial charge in [0.2, 0.25) is 0 Å². The second-order valence-electron chi connectivity index (χ2n) is 8.60. The molecule has 0 spiro atoms. The van der Waals surface area contributed by atoms with E-state index in [0.717, 1.165) is 12.8 Å². The van der Waals surface area contributed by atoms with Gasteiger partial charge >= 0.3 is 0 Å². The molecule has 0 aromatic heterocycles. The maximum absolute atomic E-state index is 9.01. The Morgan fingerprint density at radius 3 is 1.00 bits per heavy atom. The van der Waals surface area contributed by atoms with Crippen molar-refractivity contribution in [2.24, 2.45) is 10.8 Å². The highest BCUT2D eigenvalue weighted by atomic mass is 16.3. The van der Waals surface area contributed by atoms with Gasteiger partial charge in [-0.3, -0.25) is 0 Å². The van der Waals surface area contributed by atoms with E-state index in [1.807, 2.05) is 0 Å². The van der Waals surface area contributed by atoms with E-state index in [2.05, 4.69) is 27.7 Å². The van der Waals surface area contributed by atoms with Gasteiger partial charge in [-0.2, -0.15) is 0 Å². The lowest BCUT2D eigenvalue weighted by Gasteiger charge is -2.23. The van der Waals surface area contributed by atoms with Gasteiger partial charge in [-0.15, -0.1) is 0 Å². The van der Waals surface area contributed by atoms with Crippen LogP contribution in [0.15, 0.2) is 0 Å². The largest absolute Gasteiger partial charge is 0.396 e. The maximum atomic E-state index is 9.01. The van der Waals surface area contributed by atoms with Gasteiger partial charge in [0.15, 0.2) is 0 Å². The highest BCUT2D eigenvalue weighted by Crippen LogP contribution is 2.28. The zero-order valence-corrected chi connectivity index (χ0v) is 15.8. The standard InChI is InChI=1S/C20H42O2/c1-19(2,15-17-21)13-11-9-7-5-6-8-10-12-14-20(3,4)16-18-22/h21-22H,5-18H2,1-4H3. The van der Waals surface area contributed by atoms with E-state index < -0.39 is 0 Å². The molecule has 0 aromatic carbocycles. The van der Waals surface area contributed by atoms with Gasteiger partial charge in [-0.25, -0.2) is 0 Å². The van der Waals surface area contributed by atoms with E-state index in [1.165, 1.54) is 64.2 Å². The van der Waals surface area contributed by atoms with E-state index in [-0.39, 0.29) is 0 Å². The molecule has 0 unspecified atom stereocenters. The number of hydrogen-bond donors (Lipinski definition) is 2. The summed E-state index contributed by atoms with van der Waals surface area (Å²) in [5.74, 6) is 0. The average molecular weight is 315 g/mol. The fraction of sp³-hybridized carbons (Fsp3) is 1.00. The highest BCUT2D eigenvalue weighted by Gasteiger charge is 2.16. The molecule has 0 aliphatic carbocycles. The molecule has 0 radical (unpaired) electrons. The summed E-state index contributed by atoms with van der Waals surface area (Å²) in [4.78, 5) is 0. The average Bonchev–Trinajstić information content (AvgIpc) is 2.40. The third-order valence-electron chi connectivity index (χ3n) is 5.03. The third kappa shape index (κ3) is 13.6. The summed E-state index contributed by atoms with van der Waals surface area (Å²) in [5, 5.41) is 18.0. The van der Waals surface area contributed by atoms with E-state index in [1.54, 1.807) is 0 Å². The Morgan fingerprint density at radius 2 is 0.727 bits per heavy atom. The molecule has 0 saturated heterocycles. The Bertz CT molecular complexity index is 220. The van der Waals surface area contributed by atoms with E-state index in [0.29, 0.717) is 24.0 Å². The van der Waals surface area contributed by atoms with E-state index >= 15 is 0 Å². The van der Waals surface area contributed by atoms with E-state index in [9.17, 15) is 0 Å². The number of hydrogen-bond acceptors (Lipinski definition) is 2. The lowest BCUT2D eigenvalue weighted by atomic mass is 9.83. The van der Waals surface area contributed by atoms with Crippen molar-refractivity contribution in [3.63, 3.8) is 0 Å². The molecule has 2 nitrogen and oxygen atoms in total. The first-order valence-corrected chi connectivity index (χ1v) is 9.55. The summed E-state index contributed by atoms with van der Waals surface area (Å²) in [6, 6.07) is 0. The molecule has 0 heterocycles. The van der Waals surface area contributed by atoms with Crippen LogP contribution in [0.25, 0.3) is 0 Å². The molecule has 0 bridgehead atoms. The molecule has 0 fully saturated rings. The topological polar surface area (TPSA) is 40.5 Å². The Kier molecular flexibility index (Phi) is 12.3. The lowest BCUT2D eigenvalue weighted by molar-refractivity contribution is 0.197. The minimum atomic E-state index is 0.316. The van der Waals surface area contributed by atoms with Crippen molar-refractivity contribution in [2.45, 2.75) is 105 Å². The highest BCUT2D eigenvalue weighted by molar-refractivity contribution is 4.68. The SMILES string of the molecule is CC(C)(CCO)CCCCCCCCCCC(C)(C)CCO. The quantitative estimate of drug-likeness (QED) is 0.380. The van der Waals surface area contributed by atoms with E-state index in [4.69, 9.17) is 10.2 Å². The van der Waals surface area contributed by atoms with Gasteiger partial charge in [0.1, 0.15) is 0 Å². The Hall–Kier alpha value is -0.0800. The fourth-order valence-electron chi connectivity index (χ4n) is 3.12. The number of aliphatic hydroxyl groups is 2. The van der Waals surface area contributed by atoms with Gasteiger partial charge in [0.05, 0.1) is 0 Å². The molecule has 22 heavy (non-hydrogen) atoms. The van der Waals surface area contributed by atoms with Gasteiger partial charge in [-0.1, -0.05) is 79.1 Å². The second-order valence-corrected chi connectivity index (χ2v) is 8.60. The molecule has 2 N–H and O–H groups in total. The van der Waals surface area contributed by atoms with Crippen LogP contribution >= 0.6 is 0 Å². The second kappa shape index (κ2) is 12.4. The number of unbranched alkanes of at least 4 members (excludes halogenated alkanes) is 7. The maximum Gasteiger partial charge on any atom is 0.0436 e. The number of rotatable bonds is 15. The van der Waals surface area contributed by atoms with Crippen molar-refractivity contribution in [1.29, 1.82) is 0 Å². The van der Waals surface area contributed by atoms with Crippen LogP contribution in [0.2, 0.25) is 0 Å². The summed E-state index contributed by atoms with van der Waals surface area (Å²) in [5.41, 5.74) is 0.631. The van der Waals surface area contributed by atoms with Crippen LogP contribution in [0, 0.1) is 10.8 Å². The normalized spacial score (nSPS) is 12.8. The molecule has 0 aliphatic rings. The first kappa shape index (κ1) is 21.9. The zero-order chi connectivity index (χ0) is 16.9. The predicted octanol–water partition coefficient (Wildman–Crippen LogP) is 5.70. The van der Waals surface area contributed by atoms with Crippen molar-refractivity contribution in [2.75, 3.05) is 13.2 Å². The van der Waals surface area contributed by atoms with Crippen LogP contribution in [0.4, 0.5) is 0 Å². The summed E-state index contributed by atoms with van der Waals surface area (Å²) in [6.45, 7) is 9.70. The van der Waals surface area contributed by atoms with Gasteiger partial charge in [0, 0.05) is 13.2 Å². The molecular formula is C20H42O2.